The second-order valence-corrected chi connectivity index (χ2v) is 4.00. The number of hydrogen-bond acceptors (Lipinski definition) is 3. The minimum absolute atomic E-state index is 0.0417. The van der Waals surface area contributed by atoms with E-state index in [4.69, 9.17) is 4.74 Å². The molecule has 86 valence electrons. The van der Waals surface area contributed by atoms with Crippen LogP contribution in [0.25, 0.3) is 0 Å². The molecule has 1 amide bonds. The highest BCUT2D eigenvalue weighted by molar-refractivity contribution is 5.93. The van der Waals surface area contributed by atoms with E-state index in [2.05, 4.69) is 4.98 Å². The van der Waals surface area contributed by atoms with Gasteiger partial charge in [-0.2, -0.15) is 0 Å². The molecule has 2 rings (SSSR count). The average molecular weight is 220 g/mol. The Morgan fingerprint density at radius 3 is 2.88 bits per heavy atom. The minimum atomic E-state index is 0.0417. The van der Waals surface area contributed by atoms with Crippen molar-refractivity contribution in [2.24, 2.45) is 0 Å². The van der Waals surface area contributed by atoms with E-state index in [1.165, 1.54) is 0 Å². The summed E-state index contributed by atoms with van der Waals surface area (Å²) in [4.78, 5) is 17.9. The number of carbonyl (C=O) groups excluding carboxylic acids is 1. The summed E-state index contributed by atoms with van der Waals surface area (Å²) >= 11 is 0. The Bertz CT molecular complexity index is 347. The Labute approximate surface area is 95.2 Å². The van der Waals surface area contributed by atoms with E-state index >= 15 is 0 Å². The van der Waals surface area contributed by atoms with Gasteiger partial charge in [0.2, 0.25) is 0 Å². The molecule has 1 aromatic rings. The van der Waals surface area contributed by atoms with E-state index in [9.17, 15) is 4.79 Å². The van der Waals surface area contributed by atoms with Gasteiger partial charge in [0.25, 0.3) is 5.91 Å². The van der Waals surface area contributed by atoms with Crippen LogP contribution in [0.3, 0.4) is 0 Å². The molecule has 0 radical (unpaired) electrons. The zero-order chi connectivity index (χ0) is 11.4. The zero-order valence-corrected chi connectivity index (χ0v) is 9.43. The Kier molecular flexibility index (Phi) is 3.51. The van der Waals surface area contributed by atoms with Crippen molar-refractivity contribution in [3.63, 3.8) is 0 Å². The number of ether oxygens (including phenoxy) is 1. The molecule has 0 bridgehead atoms. The number of amides is 1. The highest BCUT2D eigenvalue weighted by Crippen LogP contribution is 2.15. The molecule has 1 saturated heterocycles. The third kappa shape index (κ3) is 2.39. The van der Waals surface area contributed by atoms with Crippen molar-refractivity contribution in [1.82, 2.24) is 9.88 Å². The molecule has 16 heavy (non-hydrogen) atoms. The van der Waals surface area contributed by atoms with Crippen molar-refractivity contribution >= 4 is 5.91 Å². The summed E-state index contributed by atoms with van der Waals surface area (Å²) in [6, 6.07) is 3.87. The lowest BCUT2D eigenvalue weighted by molar-refractivity contribution is 0.0362. The lowest BCUT2D eigenvalue weighted by atomic mass is 10.1. The first kappa shape index (κ1) is 11.1. The monoisotopic (exact) mass is 220 g/mol. The summed E-state index contributed by atoms with van der Waals surface area (Å²) in [6.45, 7) is 1.49. The molecule has 4 heteroatoms. The summed E-state index contributed by atoms with van der Waals surface area (Å²) < 4.78 is 5.29. The quantitative estimate of drug-likeness (QED) is 0.755. The first-order valence-corrected chi connectivity index (χ1v) is 5.54. The van der Waals surface area contributed by atoms with Crippen molar-refractivity contribution in [2.45, 2.75) is 18.9 Å². The van der Waals surface area contributed by atoms with Crippen LogP contribution < -0.4 is 0 Å². The molecule has 0 unspecified atom stereocenters. The SMILES string of the molecule is CN(C(=O)c1cccnc1)C1CCOCC1. The number of nitrogens with zero attached hydrogens (tertiary/aromatic N) is 2. The van der Waals surface area contributed by atoms with E-state index in [0.717, 1.165) is 26.1 Å². The van der Waals surface area contributed by atoms with Crippen LogP contribution in [-0.2, 0) is 4.74 Å². The molecular formula is C12H16N2O2. The number of hydrogen-bond donors (Lipinski definition) is 0. The van der Waals surface area contributed by atoms with Gasteiger partial charge in [0, 0.05) is 38.7 Å². The molecule has 1 fully saturated rings. The van der Waals surface area contributed by atoms with E-state index in [1.807, 2.05) is 7.05 Å². The highest BCUT2D eigenvalue weighted by atomic mass is 16.5. The van der Waals surface area contributed by atoms with E-state index < -0.39 is 0 Å². The van der Waals surface area contributed by atoms with Crippen molar-refractivity contribution in [2.75, 3.05) is 20.3 Å². The Hall–Kier alpha value is -1.42. The Morgan fingerprint density at radius 2 is 2.25 bits per heavy atom. The van der Waals surface area contributed by atoms with E-state index in [-0.39, 0.29) is 5.91 Å². The second kappa shape index (κ2) is 5.07. The third-order valence-electron chi connectivity index (χ3n) is 2.97. The number of carbonyl (C=O) groups is 1. The fourth-order valence-corrected chi connectivity index (χ4v) is 1.93. The molecule has 1 aliphatic rings. The maximum Gasteiger partial charge on any atom is 0.255 e. The van der Waals surface area contributed by atoms with Gasteiger partial charge >= 0.3 is 0 Å². The molecule has 2 heterocycles. The number of pyridine rings is 1. The third-order valence-corrected chi connectivity index (χ3v) is 2.97. The van der Waals surface area contributed by atoms with Gasteiger partial charge < -0.3 is 9.64 Å². The van der Waals surface area contributed by atoms with E-state index in [1.54, 1.807) is 29.4 Å². The summed E-state index contributed by atoms with van der Waals surface area (Å²) in [5.41, 5.74) is 0.650. The normalized spacial score (nSPS) is 17.1. The second-order valence-electron chi connectivity index (χ2n) is 4.00. The number of aromatic nitrogens is 1. The van der Waals surface area contributed by atoms with Crippen LogP contribution in [0, 0.1) is 0 Å². The summed E-state index contributed by atoms with van der Waals surface area (Å²) in [5, 5.41) is 0. The van der Waals surface area contributed by atoms with Gasteiger partial charge in [0.05, 0.1) is 5.56 Å². The average Bonchev–Trinajstić information content (AvgIpc) is 2.39. The largest absolute Gasteiger partial charge is 0.381 e. The molecule has 4 nitrogen and oxygen atoms in total. The van der Waals surface area contributed by atoms with Crippen LogP contribution in [0.15, 0.2) is 24.5 Å². The fourth-order valence-electron chi connectivity index (χ4n) is 1.93. The number of rotatable bonds is 2. The molecule has 1 aromatic heterocycles. The van der Waals surface area contributed by atoms with Crippen LogP contribution >= 0.6 is 0 Å². The topological polar surface area (TPSA) is 42.4 Å². The summed E-state index contributed by atoms with van der Waals surface area (Å²) in [6.07, 6.45) is 5.12. The van der Waals surface area contributed by atoms with Gasteiger partial charge in [-0.25, -0.2) is 0 Å². The van der Waals surface area contributed by atoms with Crippen LogP contribution in [0.5, 0.6) is 0 Å². The molecule has 1 aliphatic heterocycles. The van der Waals surface area contributed by atoms with Crippen molar-refractivity contribution in [3.05, 3.63) is 30.1 Å². The van der Waals surface area contributed by atoms with Gasteiger partial charge in [-0.15, -0.1) is 0 Å². The maximum absolute atomic E-state index is 12.1. The van der Waals surface area contributed by atoms with Crippen LogP contribution in [0.4, 0.5) is 0 Å². The fraction of sp³-hybridized carbons (Fsp3) is 0.500. The van der Waals surface area contributed by atoms with Crippen molar-refractivity contribution < 1.29 is 9.53 Å². The Morgan fingerprint density at radius 1 is 1.50 bits per heavy atom. The summed E-state index contributed by atoms with van der Waals surface area (Å²) in [5.74, 6) is 0.0417. The lowest BCUT2D eigenvalue weighted by Crippen LogP contribution is -2.40. The molecule has 0 saturated carbocycles. The first-order chi connectivity index (χ1) is 7.79. The van der Waals surface area contributed by atoms with Gasteiger partial charge in [-0.3, -0.25) is 9.78 Å². The first-order valence-electron chi connectivity index (χ1n) is 5.54. The highest BCUT2D eigenvalue weighted by Gasteiger charge is 2.23. The predicted octanol–water partition coefficient (Wildman–Crippen LogP) is 1.33. The van der Waals surface area contributed by atoms with Gasteiger partial charge in [-0.05, 0) is 25.0 Å². The van der Waals surface area contributed by atoms with Crippen LogP contribution in [0.2, 0.25) is 0 Å². The standard InChI is InChI=1S/C12H16N2O2/c1-14(11-4-7-16-8-5-11)12(15)10-3-2-6-13-9-10/h2-3,6,9,11H,4-5,7-8H2,1H3. The molecular weight excluding hydrogens is 204 g/mol. The summed E-state index contributed by atoms with van der Waals surface area (Å²) in [7, 11) is 1.85. The van der Waals surface area contributed by atoms with Crippen molar-refractivity contribution in [1.29, 1.82) is 0 Å². The van der Waals surface area contributed by atoms with Gasteiger partial charge in [-0.1, -0.05) is 0 Å². The smallest absolute Gasteiger partial charge is 0.255 e. The molecule has 0 aliphatic carbocycles. The zero-order valence-electron chi connectivity index (χ0n) is 9.43. The molecule has 0 atom stereocenters. The van der Waals surface area contributed by atoms with Crippen LogP contribution in [-0.4, -0.2) is 42.1 Å². The van der Waals surface area contributed by atoms with E-state index in [0.29, 0.717) is 11.6 Å². The molecule has 0 N–H and O–H groups in total. The van der Waals surface area contributed by atoms with Gasteiger partial charge in [0.15, 0.2) is 0 Å². The molecule has 0 spiro atoms. The van der Waals surface area contributed by atoms with Crippen molar-refractivity contribution in [3.8, 4) is 0 Å². The Balaban J connectivity index is 2.04. The lowest BCUT2D eigenvalue weighted by Gasteiger charge is -2.31. The molecule has 0 aromatic carbocycles. The minimum Gasteiger partial charge on any atom is -0.381 e. The maximum atomic E-state index is 12.1. The van der Waals surface area contributed by atoms with Crippen LogP contribution in [0.1, 0.15) is 23.2 Å². The van der Waals surface area contributed by atoms with Gasteiger partial charge in [0.1, 0.15) is 0 Å². The predicted molar refractivity (Wildman–Crippen MR) is 60.2 cm³/mol.